The number of aromatic nitrogens is 4. The number of nitrogens with one attached hydrogen (secondary N) is 2. The Labute approximate surface area is 161 Å². The maximum absolute atomic E-state index is 9.06. The number of hydrogen-bond donors (Lipinski definition) is 2. The number of fused-ring (bicyclic) bond motifs is 8. The molecule has 5 nitrogen and oxygen atoms in total. The molecule has 0 fully saturated rings. The summed E-state index contributed by atoms with van der Waals surface area (Å²) in [6, 6.07) is 16.4. The van der Waals surface area contributed by atoms with Crippen LogP contribution >= 0.6 is 0 Å². The Morgan fingerprint density at radius 1 is 0.643 bits per heavy atom. The normalized spacial score (nSPS) is 11.6. The van der Waals surface area contributed by atoms with E-state index in [1.807, 2.05) is 48.6 Å². The molecule has 0 aliphatic carbocycles. The van der Waals surface area contributed by atoms with Crippen LogP contribution < -0.4 is 0 Å². The van der Waals surface area contributed by atoms with E-state index < -0.39 is 0 Å². The topological polar surface area (TPSA) is 74.4 Å². The van der Waals surface area contributed by atoms with Crippen molar-refractivity contribution in [1.29, 1.82) is 0 Å². The van der Waals surface area contributed by atoms with E-state index in [0.717, 1.165) is 44.8 Å². The summed E-state index contributed by atoms with van der Waals surface area (Å²) in [4.78, 5) is 25.1. The minimum absolute atomic E-state index is 0.639. The number of nitrogens with zero attached hydrogens (tertiary/aromatic N) is 2. The first kappa shape index (κ1) is 17.4. The molecule has 2 N–H and O–H groups in total. The lowest BCUT2D eigenvalue weighted by atomic mass is 10.3. The minimum atomic E-state index is 0.639. The Morgan fingerprint density at radius 3 is 1.18 bits per heavy atom. The number of rotatable bonds is 1. The van der Waals surface area contributed by atoms with Crippen LogP contribution in [0.2, 0.25) is 0 Å². The molecule has 3 aromatic heterocycles. The van der Waals surface area contributed by atoms with Gasteiger partial charge < -0.3 is 9.97 Å². The molecule has 0 saturated carbocycles. The second-order valence-electron chi connectivity index (χ2n) is 6.28. The molecule has 2 aliphatic rings. The van der Waals surface area contributed by atoms with E-state index >= 15 is 0 Å². The Morgan fingerprint density at radius 2 is 0.929 bits per heavy atom. The molecule has 0 saturated heterocycles. The van der Waals surface area contributed by atoms with Gasteiger partial charge in [0.2, 0.25) is 0 Å². The molecule has 0 aromatic carbocycles. The fourth-order valence-electron chi connectivity index (χ4n) is 2.94. The van der Waals surface area contributed by atoms with E-state index in [2.05, 4.69) is 50.8 Å². The second-order valence-corrected chi connectivity index (χ2v) is 6.28. The van der Waals surface area contributed by atoms with Crippen LogP contribution in [0.5, 0.6) is 0 Å². The number of hydrogen-bond acceptors (Lipinski definition) is 3. The molecule has 8 bridgehead atoms. The van der Waals surface area contributed by atoms with Gasteiger partial charge in [-0.15, -0.1) is 0 Å². The van der Waals surface area contributed by atoms with Crippen LogP contribution in [0.15, 0.2) is 61.2 Å². The third-order valence-corrected chi connectivity index (χ3v) is 4.14. The molecular weight excluding hydrogens is 348 g/mol. The van der Waals surface area contributed by atoms with Gasteiger partial charge in [-0.05, 0) is 78.9 Å². The minimum Gasteiger partial charge on any atom is -0.355 e. The monoisotopic (exact) mass is 366 g/mol. The molecule has 136 valence electrons. The van der Waals surface area contributed by atoms with Gasteiger partial charge in [0, 0.05) is 22.1 Å². The van der Waals surface area contributed by atoms with Crippen molar-refractivity contribution in [2.45, 2.75) is 0 Å². The van der Waals surface area contributed by atoms with Crippen LogP contribution in [0.3, 0.4) is 0 Å². The van der Waals surface area contributed by atoms with Crippen molar-refractivity contribution in [2.75, 3.05) is 0 Å². The predicted octanol–water partition coefficient (Wildman–Crippen LogP) is 5.03. The molecule has 0 amide bonds. The largest absolute Gasteiger partial charge is 0.355 e. The SMILES string of the molecule is C1=Cc2cc3ccc(cc4nc(cc5ccc(cc1n2)[nH]5)C=C4)[nH]3.C=CC=O. The maximum Gasteiger partial charge on any atom is 0.142 e. The summed E-state index contributed by atoms with van der Waals surface area (Å²) in [5.74, 6) is 0. The van der Waals surface area contributed by atoms with E-state index in [1.165, 1.54) is 6.08 Å². The van der Waals surface area contributed by atoms with Gasteiger partial charge in [-0.2, -0.15) is 0 Å². The van der Waals surface area contributed by atoms with Crippen molar-refractivity contribution in [2.24, 2.45) is 0 Å². The molecule has 3 aromatic rings. The third kappa shape index (κ3) is 4.04. The summed E-state index contributed by atoms with van der Waals surface area (Å²) in [5.41, 5.74) is 7.86. The van der Waals surface area contributed by atoms with Crippen LogP contribution in [-0.4, -0.2) is 26.2 Å². The molecule has 0 atom stereocenters. The average Bonchev–Trinajstić information content (AvgIpc) is 3.47. The van der Waals surface area contributed by atoms with Crippen molar-refractivity contribution >= 4 is 52.7 Å². The third-order valence-electron chi connectivity index (χ3n) is 4.14. The number of aldehydes is 1. The molecule has 0 spiro atoms. The smallest absolute Gasteiger partial charge is 0.142 e. The highest BCUT2D eigenvalue weighted by Gasteiger charge is 2.01. The Bertz CT molecular complexity index is 1080. The van der Waals surface area contributed by atoms with Crippen LogP contribution in [-0.2, 0) is 4.79 Å². The maximum atomic E-state index is 9.06. The van der Waals surface area contributed by atoms with Gasteiger partial charge in [-0.1, -0.05) is 6.58 Å². The molecule has 28 heavy (non-hydrogen) atoms. The molecule has 0 radical (unpaired) electrons. The summed E-state index contributed by atoms with van der Waals surface area (Å²) in [5, 5.41) is 0. The molecule has 2 aliphatic heterocycles. The summed E-state index contributed by atoms with van der Waals surface area (Å²) in [7, 11) is 0. The zero-order valence-corrected chi connectivity index (χ0v) is 15.1. The van der Waals surface area contributed by atoms with Gasteiger partial charge in [-0.25, -0.2) is 9.97 Å². The van der Waals surface area contributed by atoms with Gasteiger partial charge in [0.15, 0.2) is 0 Å². The van der Waals surface area contributed by atoms with Crippen LogP contribution in [0.4, 0.5) is 0 Å². The lowest BCUT2D eigenvalue weighted by molar-refractivity contribution is -0.104. The zero-order chi connectivity index (χ0) is 19.3. The Kier molecular flexibility index (Phi) is 4.80. The van der Waals surface area contributed by atoms with Crippen molar-refractivity contribution in [3.05, 3.63) is 84.0 Å². The highest BCUT2D eigenvalue weighted by atomic mass is 16.1. The van der Waals surface area contributed by atoms with Crippen molar-refractivity contribution in [3.8, 4) is 0 Å². The standard InChI is InChI=1S/C20H14N4.C3H4O/c1-2-14-10-16-5-6-18(23-16)12-20-8-7-19(24-20)11-17-4-3-15(22-17)9-13(1)21-14;1-2-3-4/h1-12,21,24H;2-3H,1H2. The predicted molar refractivity (Wildman–Crippen MR) is 115 cm³/mol. The Balaban J connectivity index is 0.000000442. The van der Waals surface area contributed by atoms with E-state index in [9.17, 15) is 0 Å². The number of H-pyrrole nitrogens is 2. The first-order chi connectivity index (χ1) is 13.7. The molecule has 5 heterocycles. The van der Waals surface area contributed by atoms with Gasteiger partial charge in [-0.3, -0.25) is 4.79 Å². The van der Waals surface area contributed by atoms with Gasteiger partial charge in [0.25, 0.3) is 0 Å². The molecule has 0 unspecified atom stereocenters. The number of aromatic amines is 2. The first-order valence-electron chi connectivity index (χ1n) is 8.82. The average molecular weight is 366 g/mol. The first-order valence-corrected chi connectivity index (χ1v) is 8.82. The quantitative estimate of drug-likeness (QED) is 0.323. The van der Waals surface area contributed by atoms with Crippen molar-refractivity contribution in [1.82, 2.24) is 19.9 Å². The number of carbonyl (C=O) groups is 1. The molecular formula is C23H18N4O. The summed E-state index contributed by atoms with van der Waals surface area (Å²) >= 11 is 0. The summed E-state index contributed by atoms with van der Waals surface area (Å²) in [6.45, 7) is 3.11. The van der Waals surface area contributed by atoms with Crippen LogP contribution in [0.25, 0.3) is 46.4 Å². The van der Waals surface area contributed by atoms with Gasteiger partial charge in [0.05, 0.1) is 22.8 Å². The lowest BCUT2D eigenvalue weighted by Crippen LogP contribution is -1.75. The second kappa shape index (κ2) is 7.72. The number of carbonyl (C=O) groups excluding carboxylic acids is 1. The van der Waals surface area contributed by atoms with Crippen LogP contribution in [0.1, 0.15) is 22.8 Å². The Hall–Kier alpha value is -3.99. The fraction of sp³-hybridized carbons (Fsp3) is 0. The lowest BCUT2D eigenvalue weighted by Gasteiger charge is -1.85. The molecule has 5 rings (SSSR count). The van der Waals surface area contributed by atoms with E-state index in [0.29, 0.717) is 6.29 Å². The summed E-state index contributed by atoms with van der Waals surface area (Å²) in [6.07, 6.45) is 9.92. The van der Waals surface area contributed by atoms with Crippen molar-refractivity contribution in [3.63, 3.8) is 0 Å². The van der Waals surface area contributed by atoms with E-state index in [4.69, 9.17) is 4.79 Å². The van der Waals surface area contributed by atoms with E-state index in [1.54, 1.807) is 0 Å². The van der Waals surface area contributed by atoms with Crippen molar-refractivity contribution < 1.29 is 4.79 Å². The van der Waals surface area contributed by atoms with Gasteiger partial charge >= 0.3 is 0 Å². The van der Waals surface area contributed by atoms with E-state index in [-0.39, 0.29) is 0 Å². The molecule has 5 heteroatoms. The van der Waals surface area contributed by atoms with Crippen LogP contribution in [0, 0.1) is 0 Å². The fourth-order valence-corrected chi connectivity index (χ4v) is 2.94. The zero-order valence-electron chi connectivity index (χ0n) is 15.1. The number of allylic oxidation sites excluding steroid dienone is 1. The summed E-state index contributed by atoms with van der Waals surface area (Å²) < 4.78 is 0. The highest BCUT2D eigenvalue weighted by Crippen LogP contribution is 2.16. The highest BCUT2D eigenvalue weighted by molar-refractivity contribution is 5.77. The van der Waals surface area contributed by atoms with Gasteiger partial charge in [0.1, 0.15) is 6.29 Å².